The van der Waals surface area contributed by atoms with Crippen LogP contribution in [0.1, 0.15) is 0 Å². The Morgan fingerprint density at radius 1 is 0.333 bits per heavy atom. The fraction of sp³-hybridized carbons (Fsp3) is 0. The van der Waals surface area contributed by atoms with Gasteiger partial charge in [-0.15, -0.1) is 11.3 Å². The largest absolute Gasteiger partial charge is 0.310 e. The van der Waals surface area contributed by atoms with E-state index in [1.165, 1.54) is 75.4 Å². The highest BCUT2D eigenvalue weighted by atomic mass is 32.1. The second-order valence-corrected chi connectivity index (χ2v) is 15.6. The number of fused-ring (bicyclic) bond motifs is 6. The fourth-order valence-corrected chi connectivity index (χ4v) is 9.70. The van der Waals surface area contributed by atoms with Gasteiger partial charge in [0.2, 0.25) is 0 Å². The van der Waals surface area contributed by atoms with Crippen LogP contribution in [0.5, 0.6) is 0 Å². The summed E-state index contributed by atoms with van der Waals surface area (Å²) in [5.74, 6) is 0. The number of aromatic nitrogens is 1. The minimum absolute atomic E-state index is 1.10. The van der Waals surface area contributed by atoms with E-state index in [4.69, 9.17) is 0 Å². The van der Waals surface area contributed by atoms with E-state index >= 15 is 0 Å². The van der Waals surface area contributed by atoms with E-state index in [-0.39, 0.29) is 0 Å². The Morgan fingerprint density at radius 2 is 0.807 bits per heavy atom. The monoisotopic (exact) mass is 744 g/mol. The average Bonchev–Trinajstić information content (AvgIpc) is 3.84. The van der Waals surface area contributed by atoms with Gasteiger partial charge in [0.1, 0.15) is 0 Å². The van der Waals surface area contributed by atoms with Crippen molar-refractivity contribution in [1.82, 2.24) is 4.57 Å². The molecule has 0 fully saturated rings. The molecule has 0 atom stereocenters. The molecule has 0 radical (unpaired) electrons. The number of anilines is 3. The zero-order valence-electron chi connectivity index (χ0n) is 31.1. The fourth-order valence-electron chi connectivity index (χ4n) is 8.56. The van der Waals surface area contributed by atoms with E-state index in [0.717, 1.165) is 22.7 Å². The van der Waals surface area contributed by atoms with Gasteiger partial charge >= 0.3 is 0 Å². The van der Waals surface area contributed by atoms with Crippen LogP contribution in [0.2, 0.25) is 0 Å². The molecule has 11 rings (SSSR count). The number of hydrogen-bond acceptors (Lipinski definition) is 2. The second kappa shape index (κ2) is 13.8. The summed E-state index contributed by atoms with van der Waals surface area (Å²) in [6.07, 6.45) is 0. The third kappa shape index (κ3) is 5.71. The van der Waals surface area contributed by atoms with Gasteiger partial charge in [0.25, 0.3) is 0 Å². The van der Waals surface area contributed by atoms with Gasteiger partial charge in [-0.05, 0) is 94.5 Å². The van der Waals surface area contributed by atoms with E-state index in [1.807, 2.05) is 11.3 Å². The summed E-state index contributed by atoms with van der Waals surface area (Å²) < 4.78 is 4.98. The Labute approximate surface area is 335 Å². The van der Waals surface area contributed by atoms with Gasteiger partial charge in [-0.3, -0.25) is 0 Å². The molecule has 0 bridgehead atoms. The molecule has 0 aliphatic heterocycles. The van der Waals surface area contributed by atoms with Crippen LogP contribution in [-0.4, -0.2) is 4.57 Å². The summed E-state index contributed by atoms with van der Waals surface area (Å²) in [5.41, 5.74) is 14.1. The predicted octanol–water partition coefficient (Wildman–Crippen LogP) is 15.6. The molecule has 2 nitrogen and oxygen atoms in total. The first-order valence-electron chi connectivity index (χ1n) is 19.4. The van der Waals surface area contributed by atoms with Crippen LogP contribution < -0.4 is 4.90 Å². The van der Waals surface area contributed by atoms with Crippen LogP contribution in [0.15, 0.2) is 218 Å². The molecular weight excluding hydrogens is 709 g/mol. The number of para-hydroxylation sites is 3. The van der Waals surface area contributed by atoms with E-state index in [2.05, 4.69) is 228 Å². The van der Waals surface area contributed by atoms with Gasteiger partial charge in [-0.2, -0.15) is 0 Å². The molecule has 0 N–H and O–H groups in total. The number of benzene rings is 9. The summed E-state index contributed by atoms with van der Waals surface area (Å²) in [4.78, 5) is 2.41. The van der Waals surface area contributed by atoms with Gasteiger partial charge < -0.3 is 9.47 Å². The van der Waals surface area contributed by atoms with Gasteiger partial charge in [0.15, 0.2) is 0 Å². The summed E-state index contributed by atoms with van der Waals surface area (Å²) in [6.45, 7) is 0. The Morgan fingerprint density at radius 3 is 1.46 bits per heavy atom. The van der Waals surface area contributed by atoms with Gasteiger partial charge in [0, 0.05) is 53.6 Å². The van der Waals surface area contributed by atoms with Crippen molar-refractivity contribution in [3.05, 3.63) is 218 Å². The van der Waals surface area contributed by atoms with Crippen molar-refractivity contribution in [1.29, 1.82) is 0 Å². The molecule has 2 aromatic heterocycles. The van der Waals surface area contributed by atoms with Crippen LogP contribution >= 0.6 is 11.3 Å². The van der Waals surface area contributed by atoms with Crippen LogP contribution in [-0.2, 0) is 0 Å². The summed E-state index contributed by atoms with van der Waals surface area (Å²) in [7, 11) is 0. The van der Waals surface area contributed by atoms with Crippen LogP contribution in [0.3, 0.4) is 0 Å². The minimum atomic E-state index is 1.10. The Kier molecular flexibility index (Phi) is 8.04. The first kappa shape index (κ1) is 33.2. The molecular formula is C54H36N2S. The molecule has 0 aliphatic rings. The third-order valence-electron chi connectivity index (χ3n) is 11.2. The van der Waals surface area contributed by atoms with Crippen LogP contribution in [0, 0.1) is 0 Å². The van der Waals surface area contributed by atoms with E-state index in [1.54, 1.807) is 0 Å². The zero-order valence-corrected chi connectivity index (χ0v) is 31.9. The van der Waals surface area contributed by atoms with Crippen molar-refractivity contribution in [2.24, 2.45) is 0 Å². The average molecular weight is 745 g/mol. The zero-order chi connectivity index (χ0) is 37.7. The molecule has 0 amide bonds. The molecule has 0 spiro atoms. The predicted molar refractivity (Wildman–Crippen MR) is 245 cm³/mol. The van der Waals surface area contributed by atoms with Gasteiger partial charge in [0.05, 0.1) is 16.7 Å². The highest BCUT2D eigenvalue weighted by Crippen LogP contribution is 2.46. The Hall–Kier alpha value is -7.20. The third-order valence-corrected chi connectivity index (χ3v) is 12.4. The van der Waals surface area contributed by atoms with Crippen molar-refractivity contribution >= 4 is 70.4 Å². The van der Waals surface area contributed by atoms with Crippen LogP contribution in [0.4, 0.5) is 17.1 Å². The van der Waals surface area contributed by atoms with Crippen molar-refractivity contribution in [2.45, 2.75) is 0 Å². The SMILES string of the molecule is c1ccc(-c2ccc(N(c3ccc(-c4ccc(-n5c6ccccc6c6ccccc65)cc4)cc3)c3ccccc3-c3cccc4sc5ccccc5c34)cc2)cc1. The lowest BCUT2D eigenvalue weighted by Crippen LogP contribution is -2.11. The van der Waals surface area contributed by atoms with Crippen molar-refractivity contribution < 1.29 is 0 Å². The summed E-state index contributed by atoms with van der Waals surface area (Å²) >= 11 is 1.86. The molecule has 3 heteroatoms. The standard InChI is InChI=1S/C54H36N2S/c1-2-13-37(14-3-1)38-25-31-41(32-26-38)55(49-20-8-6-17-46(49)47-19-12-24-53-54(47)48-18-7-11-23-52(48)57-53)42-33-27-39(28-34-42)40-29-35-43(36-30-40)56-50-21-9-4-15-44(50)45-16-5-10-22-51(45)56/h1-36H. The number of rotatable bonds is 7. The molecule has 11 aromatic rings. The van der Waals surface area contributed by atoms with Gasteiger partial charge in [-0.25, -0.2) is 0 Å². The topological polar surface area (TPSA) is 8.17 Å². The molecule has 2 heterocycles. The van der Waals surface area contributed by atoms with Crippen molar-refractivity contribution in [3.8, 4) is 39.1 Å². The summed E-state index contributed by atoms with van der Waals surface area (Å²) in [5, 5.41) is 5.16. The maximum Gasteiger partial charge on any atom is 0.0541 e. The molecule has 0 saturated heterocycles. The number of thiophene rings is 1. The summed E-state index contributed by atoms with van der Waals surface area (Å²) in [6, 6.07) is 79.3. The Bertz CT molecular complexity index is 3160. The van der Waals surface area contributed by atoms with Gasteiger partial charge in [-0.1, -0.05) is 152 Å². The van der Waals surface area contributed by atoms with E-state index < -0.39 is 0 Å². The molecule has 9 aromatic carbocycles. The maximum absolute atomic E-state index is 2.41. The van der Waals surface area contributed by atoms with Crippen molar-refractivity contribution in [2.75, 3.05) is 4.90 Å². The smallest absolute Gasteiger partial charge is 0.0541 e. The maximum atomic E-state index is 2.41. The van der Waals surface area contributed by atoms with Crippen LogP contribution in [0.25, 0.3) is 81.0 Å². The number of hydrogen-bond donors (Lipinski definition) is 0. The normalized spacial score (nSPS) is 11.5. The lowest BCUT2D eigenvalue weighted by Gasteiger charge is -2.28. The second-order valence-electron chi connectivity index (χ2n) is 14.5. The van der Waals surface area contributed by atoms with Crippen molar-refractivity contribution in [3.63, 3.8) is 0 Å². The highest BCUT2D eigenvalue weighted by Gasteiger charge is 2.20. The molecule has 0 saturated carbocycles. The minimum Gasteiger partial charge on any atom is -0.310 e. The van der Waals surface area contributed by atoms with E-state index in [9.17, 15) is 0 Å². The lowest BCUT2D eigenvalue weighted by atomic mass is 9.96. The number of nitrogens with zero attached hydrogens (tertiary/aromatic N) is 2. The highest BCUT2D eigenvalue weighted by molar-refractivity contribution is 7.25. The lowest BCUT2D eigenvalue weighted by molar-refractivity contribution is 1.18. The molecule has 0 aliphatic carbocycles. The quantitative estimate of drug-likeness (QED) is 0.158. The molecule has 0 unspecified atom stereocenters. The Balaban J connectivity index is 1.01. The molecule has 57 heavy (non-hydrogen) atoms. The first-order chi connectivity index (χ1) is 28.3. The first-order valence-corrected chi connectivity index (χ1v) is 20.2. The molecule has 268 valence electrons. The van der Waals surface area contributed by atoms with E-state index in [0.29, 0.717) is 0 Å².